The molecule has 0 bridgehead atoms. The van der Waals surface area contributed by atoms with Crippen LogP contribution in [0.2, 0.25) is 5.02 Å². The van der Waals surface area contributed by atoms with Crippen molar-refractivity contribution in [1.82, 2.24) is 4.98 Å². The highest BCUT2D eigenvalue weighted by molar-refractivity contribution is 6.32. The molecule has 0 aliphatic heterocycles. The molecule has 0 unspecified atom stereocenters. The lowest BCUT2D eigenvalue weighted by Crippen LogP contribution is -2.11. The monoisotopic (exact) mass is 214 g/mol. The van der Waals surface area contributed by atoms with Crippen LogP contribution in [-0.4, -0.2) is 22.7 Å². The van der Waals surface area contributed by atoms with Crippen molar-refractivity contribution < 1.29 is 5.11 Å². The predicted octanol–water partition coefficient (Wildman–Crippen LogP) is 2.23. The molecule has 78 valence electrons. The van der Waals surface area contributed by atoms with E-state index in [2.05, 4.69) is 10.3 Å². The van der Waals surface area contributed by atoms with Crippen molar-refractivity contribution >= 4 is 17.4 Å². The number of hydrogen-bond donors (Lipinski definition) is 2. The molecule has 0 aliphatic carbocycles. The van der Waals surface area contributed by atoms with Gasteiger partial charge in [-0.3, -0.25) is 0 Å². The summed E-state index contributed by atoms with van der Waals surface area (Å²) in [5.41, 5.74) is 0.925. The van der Waals surface area contributed by atoms with Gasteiger partial charge in [-0.05, 0) is 32.4 Å². The number of aliphatic hydroxyl groups is 1. The Hall–Kier alpha value is -0.800. The van der Waals surface area contributed by atoms with Crippen molar-refractivity contribution in [2.45, 2.75) is 26.4 Å². The number of nitrogens with zero attached hydrogens (tertiary/aromatic N) is 1. The third-order valence-electron chi connectivity index (χ3n) is 1.84. The van der Waals surface area contributed by atoms with Gasteiger partial charge in [0.15, 0.2) is 0 Å². The fourth-order valence-corrected chi connectivity index (χ4v) is 1.24. The first-order valence-corrected chi connectivity index (χ1v) is 5.02. The minimum Gasteiger partial charge on any atom is -0.393 e. The van der Waals surface area contributed by atoms with Gasteiger partial charge in [-0.2, -0.15) is 0 Å². The number of rotatable bonds is 4. The van der Waals surface area contributed by atoms with Gasteiger partial charge in [0.2, 0.25) is 0 Å². The zero-order valence-electron chi connectivity index (χ0n) is 8.42. The maximum atomic E-state index is 9.06. The largest absolute Gasteiger partial charge is 0.393 e. The van der Waals surface area contributed by atoms with Gasteiger partial charge in [-0.1, -0.05) is 11.6 Å². The van der Waals surface area contributed by atoms with Crippen LogP contribution < -0.4 is 5.32 Å². The van der Waals surface area contributed by atoms with E-state index in [0.29, 0.717) is 23.8 Å². The summed E-state index contributed by atoms with van der Waals surface area (Å²) < 4.78 is 0. The summed E-state index contributed by atoms with van der Waals surface area (Å²) in [6.45, 7) is 4.34. The van der Waals surface area contributed by atoms with Gasteiger partial charge in [-0.15, -0.1) is 0 Å². The number of halogens is 1. The van der Waals surface area contributed by atoms with E-state index >= 15 is 0 Å². The fraction of sp³-hybridized carbons (Fsp3) is 0.500. The lowest BCUT2D eigenvalue weighted by molar-refractivity contribution is 0.188. The molecular weight excluding hydrogens is 200 g/mol. The smallest absolute Gasteiger partial charge is 0.145 e. The van der Waals surface area contributed by atoms with Crippen LogP contribution in [0.25, 0.3) is 0 Å². The standard InChI is InChI=1S/C10H15ClN2O/c1-7-3-4-9(11)10(13-7)12-6-5-8(2)14/h3-4,8,14H,5-6H2,1-2H3,(H,12,13)/t8-/m0/s1. The van der Waals surface area contributed by atoms with Gasteiger partial charge in [0, 0.05) is 12.2 Å². The van der Waals surface area contributed by atoms with Crippen molar-refractivity contribution in [2.24, 2.45) is 0 Å². The molecule has 2 N–H and O–H groups in total. The van der Waals surface area contributed by atoms with Crippen LogP contribution in [0, 0.1) is 6.92 Å². The summed E-state index contributed by atoms with van der Waals surface area (Å²) in [5, 5.41) is 12.8. The van der Waals surface area contributed by atoms with E-state index in [4.69, 9.17) is 16.7 Å². The molecule has 0 radical (unpaired) electrons. The van der Waals surface area contributed by atoms with Crippen LogP contribution >= 0.6 is 11.6 Å². The number of anilines is 1. The summed E-state index contributed by atoms with van der Waals surface area (Å²) in [6, 6.07) is 3.68. The third-order valence-corrected chi connectivity index (χ3v) is 2.14. The van der Waals surface area contributed by atoms with Crippen LogP contribution in [-0.2, 0) is 0 Å². The molecule has 1 aromatic rings. The van der Waals surface area contributed by atoms with Gasteiger partial charge in [0.25, 0.3) is 0 Å². The highest BCUT2D eigenvalue weighted by Crippen LogP contribution is 2.18. The fourth-order valence-electron chi connectivity index (χ4n) is 1.06. The van der Waals surface area contributed by atoms with E-state index in [-0.39, 0.29) is 6.10 Å². The van der Waals surface area contributed by atoms with Crippen LogP contribution in [0.1, 0.15) is 19.0 Å². The van der Waals surface area contributed by atoms with Gasteiger partial charge in [0.05, 0.1) is 11.1 Å². The molecule has 0 saturated carbocycles. The molecule has 3 nitrogen and oxygen atoms in total. The average Bonchev–Trinajstić information content (AvgIpc) is 2.10. The first-order valence-electron chi connectivity index (χ1n) is 4.64. The minimum atomic E-state index is -0.300. The maximum absolute atomic E-state index is 9.06. The molecule has 0 amide bonds. The number of pyridine rings is 1. The Bertz CT molecular complexity index is 302. The first-order chi connectivity index (χ1) is 6.59. The Balaban J connectivity index is 2.53. The Morgan fingerprint density at radius 3 is 2.93 bits per heavy atom. The third kappa shape index (κ3) is 3.52. The van der Waals surface area contributed by atoms with Crippen LogP contribution in [0.3, 0.4) is 0 Å². The number of aromatic nitrogens is 1. The van der Waals surface area contributed by atoms with Gasteiger partial charge in [-0.25, -0.2) is 4.98 Å². The Labute approximate surface area is 89.1 Å². The van der Waals surface area contributed by atoms with Gasteiger partial charge < -0.3 is 10.4 Å². The summed E-state index contributed by atoms with van der Waals surface area (Å²) in [7, 11) is 0. The summed E-state index contributed by atoms with van der Waals surface area (Å²) in [6.07, 6.45) is 0.387. The zero-order chi connectivity index (χ0) is 10.6. The average molecular weight is 215 g/mol. The molecular formula is C10H15ClN2O. The second kappa shape index (κ2) is 5.17. The number of hydrogen-bond acceptors (Lipinski definition) is 3. The quantitative estimate of drug-likeness (QED) is 0.808. The van der Waals surface area contributed by atoms with Gasteiger partial charge in [0.1, 0.15) is 5.82 Å². The van der Waals surface area contributed by atoms with E-state index in [9.17, 15) is 0 Å². The number of nitrogens with one attached hydrogen (secondary N) is 1. The Kier molecular flexibility index (Phi) is 4.17. The Morgan fingerprint density at radius 1 is 1.57 bits per heavy atom. The molecule has 1 heterocycles. The molecule has 1 atom stereocenters. The van der Waals surface area contributed by atoms with Crippen molar-refractivity contribution in [3.8, 4) is 0 Å². The van der Waals surface area contributed by atoms with E-state index < -0.39 is 0 Å². The summed E-state index contributed by atoms with van der Waals surface area (Å²) in [4.78, 5) is 4.24. The van der Waals surface area contributed by atoms with Crippen LogP contribution in [0.4, 0.5) is 5.82 Å². The molecule has 0 saturated heterocycles. The normalized spacial score (nSPS) is 12.6. The molecule has 4 heteroatoms. The zero-order valence-corrected chi connectivity index (χ0v) is 9.17. The van der Waals surface area contributed by atoms with Gasteiger partial charge >= 0.3 is 0 Å². The lowest BCUT2D eigenvalue weighted by atomic mass is 10.3. The minimum absolute atomic E-state index is 0.300. The molecule has 0 aromatic carbocycles. The summed E-state index contributed by atoms with van der Waals surface area (Å²) >= 11 is 5.92. The number of aryl methyl sites for hydroxylation is 1. The highest BCUT2D eigenvalue weighted by atomic mass is 35.5. The topological polar surface area (TPSA) is 45.1 Å². The van der Waals surface area contributed by atoms with E-state index in [1.54, 1.807) is 6.92 Å². The highest BCUT2D eigenvalue weighted by Gasteiger charge is 2.02. The van der Waals surface area contributed by atoms with Crippen molar-refractivity contribution in [2.75, 3.05) is 11.9 Å². The maximum Gasteiger partial charge on any atom is 0.145 e. The van der Waals surface area contributed by atoms with Crippen LogP contribution in [0.15, 0.2) is 12.1 Å². The number of aliphatic hydroxyl groups excluding tert-OH is 1. The van der Waals surface area contributed by atoms with E-state index in [1.807, 2.05) is 19.1 Å². The summed E-state index contributed by atoms with van der Waals surface area (Å²) in [5.74, 6) is 0.687. The second-order valence-corrected chi connectivity index (χ2v) is 3.75. The molecule has 1 aromatic heterocycles. The molecule has 0 spiro atoms. The first kappa shape index (κ1) is 11.3. The van der Waals surface area contributed by atoms with E-state index in [0.717, 1.165) is 5.69 Å². The van der Waals surface area contributed by atoms with Crippen molar-refractivity contribution in [3.63, 3.8) is 0 Å². The SMILES string of the molecule is Cc1ccc(Cl)c(NCC[C@H](C)O)n1. The molecule has 0 aliphatic rings. The van der Waals surface area contributed by atoms with Crippen molar-refractivity contribution in [3.05, 3.63) is 22.8 Å². The second-order valence-electron chi connectivity index (χ2n) is 3.35. The predicted molar refractivity (Wildman–Crippen MR) is 58.8 cm³/mol. The molecule has 1 rings (SSSR count). The van der Waals surface area contributed by atoms with E-state index in [1.165, 1.54) is 0 Å². The Morgan fingerprint density at radius 2 is 2.29 bits per heavy atom. The van der Waals surface area contributed by atoms with Crippen molar-refractivity contribution in [1.29, 1.82) is 0 Å². The molecule has 0 fully saturated rings. The lowest BCUT2D eigenvalue weighted by Gasteiger charge is -2.09. The molecule has 14 heavy (non-hydrogen) atoms. The van der Waals surface area contributed by atoms with Crippen LogP contribution in [0.5, 0.6) is 0 Å².